The van der Waals surface area contributed by atoms with Crippen LogP contribution in [0.2, 0.25) is 0 Å². The molecule has 1 unspecified atom stereocenters. The molecule has 64 valence electrons. The summed E-state index contributed by atoms with van der Waals surface area (Å²) in [6.07, 6.45) is 1.23. The maximum atomic E-state index is 4.37. The Morgan fingerprint density at radius 1 is 1.25 bits per heavy atom. The lowest BCUT2D eigenvalue weighted by molar-refractivity contribution is 0.510. The van der Waals surface area contributed by atoms with E-state index in [0.717, 1.165) is 18.9 Å². The van der Waals surface area contributed by atoms with Gasteiger partial charge in [0.25, 0.3) is 0 Å². The van der Waals surface area contributed by atoms with Gasteiger partial charge in [0.05, 0.1) is 0 Å². The van der Waals surface area contributed by atoms with Gasteiger partial charge in [-0.05, 0) is 6.42 Å². The first kappa shape index (κ1) is 6.34. The highest BCUT2D eigenvalue weighted by molar-refractivity contribution is 6.02. The summed E-state index contributed by atoms with van der Waals surface area (Å²) in [5, 5.41) is 9.97. The quantitative estimate of drug-likeness (QED) is 0.447. The molecule has 0 aromatic rings. The Balaban J connectivity index is 2.10. The maximum Gasteiger partial charge on any atom is 0.130 e. The summed E-state index contributed by atoms with van der Waals surface area (Å²) < 4.78 is 0. The Bertz CT molecular complexity index is 279. The molecule has 3 rings (SSSR count). The van der Waals surface area contributed by atoms with Gasteiger partial charge in [-0.2, -0.15) is 0 Å². The monoisotopic (exact) mass is 164 g/mol. The van der Waals surface area contributed by atoms with Crippen LogP contribution in [0.3, 0.4) is 0 Å². The zero-order chi connectivity index (χ0) is 7.97. The molecule has 12 heavy (non-hydrogen) atoms. The van der Waals surface area contributed by atoms with Crippen LogP contribution < -0.4 is 16.0 Å². The summed E-state index contributed by atoms with van der Waals surface area (Å²) >= 11 is 0. The third-order valence-electron chi connectivity index (χ3n) is 2.74. The molecule has 0 aromatic heterocycles. The highest BCUT2D eigenvalue weighted by atomic mass is 15.2. The van der Waals surface area contributed by atoms with Gasteiger partial charge < -0.3 is 16.0 Å². The minimum atomic E-state index is 0.688. The zero-order valence-electron chi connectivity index (χ0n) is 6.85. The SMILES string of the molecule is C1CC2CNC3=NCNC(=C32)N1. The van der Waals surface area contributed by atoms with Crippen molar-refractivity contribution in [3.05, 3.63) is 11.4 Å². The molecule has 4 nitrogen and oxygen atoms in total. The number of nitrogens with one attached hydrogen (secondary N) is 3. The van der Waals surface area contributed by atoms with Crippen molar-refractivity contribution < 1.29 is 0 Å². The van der Waals surface area contributed by atoms with Crippen LogP contribution in [0.25, 0.3) is 0 Å². The van der Waals surface area contributed by atoms with Crippen LogP contribution in [0.5, 0.6) is 0 Å². The van der Waals surface area contributed by atoms with E-state index in [-0.39, 0.29) is 0 Å². The predicted molar refractivity (Wildman–Crippen MR) is 46.6 cm³/mol. The molecule has 0 amide bonds. The van der Waals surface area contributed by atoms with Crippen LogP contribution in [0.15, 0.2) is 16.4 Å². The van der Waals surface area contributed by atoms with Crippen LogP contribution in [-0.4, -0.2) is 25.6 Å². The van der Waals surface area contributed by atoms with E-state index in [4.69, 9.17) is 0 Å². The van der Waals surface area contributed by atoms with Crippen LogP contribution >= 0.6 is 0 Å². The van der Waals surface area contributed by atoms with E-state index in [9.17, 15) is 0 Å². The van der Waals surface area contributed by atoms with Crippen molar-refractivity contribution in [3.63, 3.8) is 0 Å². The molecule has 0 saturated carbocycles. The van der Waals surface area contributed by atoms with Crippen LogP contribution in [-0.2, 0) is 0 Å². The average Bonchev–Trinajstić information content (AvgIpc) is 2.52. The van der Waals surface area contributed by atoms with E-state index in [2.05, 4.69) is 20.9 Å². The summed E-state index contributed by atoms with van der Waals surface area (Å²) in [6.45, 7) is 2.87. The minimum Gasteiger partial charge on any atom is -0.371 e. The molecule has 0 radical (unpaired) electrons. The van der Waals surface area contributed by atoms with E-state index in [0.29, 0.717) is 12.6 Å². The van der Waals surface area contributed by atoms with Gasteiger partial charge in [-0.15, -0.1) is 0 Å². The molecular formula is C8H12N4. The number of rotatable bonds is 0. The molecule has 0 aliphatic carbocycles. The van der Waals surface area contributed by atoms with Gasteiger partial charge >= 0.3 is 0 Å². The number of nitrogens with zero attached hydrogens (tertiary/aromatic N) is 1. The van der Waals surface area contributed by atoms with Crippen LogP contribution in [0, 0.1) is 5.92 Å². The van der Waals surface area contributed by atoms with Crippen molar-refractivity contribution >= 4 is 5.84 Å². The largest absolute Gasteiger partial charge is 0.371 e. The lowest BCUT2D eigenvalue weighted by Crippen LogP contribution is -2.38. The van der Waals surface area contributed by atoms with E-state index in [1.54, 1.807) is 0 Å². The number of amidine groups is 1. The molecule has 3 aliphatic rings. The molecule has 0 bridgehead atoms. The van der Waals surface area contributed by atoms with Crippen LogP contribution in [0.4, 0.5) is 0 Å². The lowest BCUT2D eigenvalue weighted by atomic mass is 9.95. The molecule has 1 atom stereocenters. The van der Waals surface area contributed by atoms with Gasteiger partial charge in [-0.25, -0.2) is 4.99 Å². The molecule has 3 heterocycles. The second-order valence-electron chi connectivity index (χ2n) is 3.42. The Labute approximate surface area is 71.1 Å². The first-order valence-electron chi connectivity index (χ1n) is 4.46. The predicted octanol–water partition coefficient (Wildman–Crippen LogP) is -0.630. The fourth-order valence-corrected chi connectivity index (χ4v) is 2.14. The zero-order valence-corrected chi connectivity index (χ0v) is 6.85. The molecule has 4 heteroatoms. The van der Waals surface area contributed by atoms with Gasteiger partial charge in [0.1, 0.15) is 18.3 Å². The molecule has 1 fully saturated rings. The van der Waals surface area contributed by atoms with Crippen molar-refractivity contribution in [1.82, 2.24) is 16.0 Å². The van der Waals surface area contributed by atoms with E-state index < -0.39 is 0 Å². The summed E-state index contributed by atoms with van der Waals surface area (Å²) in [6, 6.07) is 0. The second kappa shape index (κ2) is 2.15. The number of aliphatic imine (C=N–C) groups is 1. The average molecular weight is 164 g/mol. The topological polar surface area (TPSA) is 48.5 Å². The van der Waals surface area contributed by atoms with Crippen molar-refractivity contribution in [2.24, 2.45) is 10.9 Å². The molecular weight excluding hydrogens is 152 g/mol. The third-order valence-corrected chi connectivity index (χ3v) is 2.74. The maximum absolute atomic E-state index is 4.37. The van der Waals surface area contributed by atoms with Gasteiger partial charge in [-0.3, -0.25) is 0 Å². The first-order chi connectivity index (χ1) is 5.95. The van der Waals surface area contributed by atoms with E-state index in [1.807, 2.05) is 0 Å². The highest BCUT2D eigenvalue weighted by Gasteiger charge is 2.33. The van der Waals surface area contributed by atoms with Gasteiger partial charge in [0, 0.05) is 24.6 Å². The standard InChI is InChI=1S/C8H12N4/c1-2-9-7-6-5(1)3-10-8(6)12-4-11-7/h5,9,11H,1-4H2,(H,10,12). The Morgan fingerprint density at radius 2 is 2.25 bits per heavy atom. The van der Waals surface area contributed by atoms with Crippen LogP contribution in [0.1, 0.15) is 6.42 Å². The molecule has 1 saturated heterocycles. The first-order valence-corrected chi connectivity index (χ1v) is 4.46. The molecule has 0 aromatic carbocycles. The smallest absolute Gasteiger partial charge is 0.130 e. The summed E-state index contributed by atoms with van der Waals surface area (Å²) in [7, 11) is 0. The number of hydrogen-bond donors (Lipinski definition) is 3. The fourth-order valence-electron chi connectivity index (χ4n) is 2.14. The van der Waals surface area contributed by atoms with Crippen molar-refractivity contribution in [1.29, 1.82) is 0 Å². The number of hydrogen-bond acceptors (Lipinski definition) is 4. The Hall–Kier alpha value is -1.19. The van der Waals surface area contributed by atoms with Gasteiger partial charge in [0.2, 0.25) is 0 Å². The minimum absolute atomic E-state index is 0.688. The second-order valence-corrected chi connectivity index (χ2v) is 3.42. The molecule has 3 aliphatic heterocycles. The van der Waals surface area contributed by atoms with Gasteiger partial charge in [-0.1, -0.05) is 0 Å². The van der Waals surface area contributed by atoms with Gasteiger partial charge in [0.15, 0.2) is 0 Å². The summed E-state index contributed by atoms with van der Waals surface area (Å²) in [5.41, 5.74) is 1.38. The fraction of sp³-hybridized carbons (Fsp3) is 0.625. The highest BCUT2D eigenvalue weighted by Crippen LogP contribution is 2.27. The summed E-state index contributed by atoms with van der Waals surface area (Å²) in [4.78, 5) is 4.37. The lowest BCUT2D eigenvalue weighted by Gasteiger charge is -2.26. The van der Waals surface area contributed by atoms with Crippen molar-refractivity contribution in [3.8, 4) is 0 Å². The molecule has 3 N–H and O–H groups in total. The molecule has 0 spiro atoms. The van der Waals surface area contributed by atoms with E-state index in [1.165, 1.54) is 17.8 Å². The normalized spacial score (nSPS) is 31.3. The van der Waals surface area contributed by atoms with E-state index >= 15 is 0 Å². The third kappa shape index (κ3) is 0.695. The van der Waals surface area contributed by atoms with Crippen molar-refractivity contribution in [2.75, 3.05) is 19.8 Å². The Morgan fingerprint density at radius 3 is 3.25 bits per heavy atom. The van der Waals surface area contributed by atoms with Crippen molar-refractivity contribution in [2.45, 2.75) is 6.42 Å². The Kier molecular flexibility index (Phi) is 1.14. The summed E-state index contributed by atoms with van der Waals surface area (Å²) in [5.74, 6) is 3.01.